The van der Waals surface area contributed by atoms with Crippen molar-refractivity contribution >= 4 is 28.7 Å². The van der Waals surface area contributed by atoms with Crippen molar-refractivity contribution in [3.63, 3.8) is 0 Å². The summed E-state index contributed by atoms with van der Waals surface area (Å²) in [4.78, 5) is 16.9. The second kappa shape index (κ2) is 8.34. The maximum absolute atomic E-state index is 13.7. The first-order valence-corrected chi connectivity index (χ1v) is 12.6. The first-order valence-electron chi connectivity index (χ1n) is 9.23. The largest absolute Gasteiger partial charge is 0.356 e. The Kier molecular flexibility index (Phi) is 6.26. The average molecular weight is 463 g/mol. The average Bonchev–Trinajstić information content (AvgIpc) is 3.05. The lowest BCUT2D eigenvalue weighted by Crippen LogP contribution is -2.45. The summed E-state index contributed by atoms with van der Waals surface area (Å²) >= 11 is 3.74. The van der Waals surface area contributed by atoms with E-state index in [0.717, 1.165) is 11.1 Å². The van der Waals surface area contributed by atoms with Crippen LogP contribution in [0.25, 0.3) is 0 Å². The van der Waals surface area contributed by atoms with Crippen LogP contribution in [0, 0.1) is 5.82 Å². The number of carbonyl (C=O) groups is 1. The minimum atomic E-state index is -0.553. The highest BCUT2D eigenvalue weighted by molar-refractivity contribution is 9.36. The third-order valence-electron chi connectivity index (χ3n) is 5.21. The van der Waals surface area contributed by atoms with Crippen LogP contribution < -0.4 is 0 Å². The van der Waals surface area contributed by atoms with Gasteiger partial charge < -0.3 is 9.80 Å². The summed E-state index contributed by atoms with van der Waals surface area (Å²) < 4.78 is 13.7. The molecule has 0 aromatic heterocycles. The van der Waals surface area contributed by atoms with Gasteiger partial charge in [0.05, 0.1) is 11.2 Å². The third-order valence-corrected chi connectivity index (χ3v) is 7.45. The molecule has 3 nitrogen and oxygen atoms in total. The quantitative estimate of drug-likeness (QED) is 0.575. The van der Waals surface area contributed by atoms with Crippen molar-refractivity contribution in [3.8, 4) is 0 Å². The van der Waals surface area contributed by atoms with Crippen molar-refractivity contribution in [3.05, 3.63) is 83.3 Å². The number of hydrogen-bond donors (Lipinski definition) is 0. The summed E-state index contributed by atoms with van der Waals surface area (Å²) in [6.45, 7) is 4.20. The molecule has 0 N–H and O–H groups in total. The van der Waals surface area contributed by atoms with Crippen LogP contribution in [0.3, 0.4) is 0 Å². The van der Waals surface area contributed by atoms with Gasteiger partial charge in [0, 0.05) is 20.1 Å². The van der Waals surface area contributed by atoms with E-state index in [0.29, 0.717) is 13.0 Å². The maximum Gasteiger partial charge on any atom is 0.269 e. The highest BCUT2D eigenvalue weighted by Gasteiger charge is 2.51. The van der Waals surface area contributed by atoms with Crippen molar-refractivity contribution in [2.75, 3.05) is 14.1 Å². The Morgan fingerprint density at radius 2 is 1.68 bits per heavy atom. The molecule has 3 rings (SSSR count). The molecule has 3 atom stereocenters. The zero-order valence-corrected chi connectivity index (χ0v) is 19.1. The molecule has 1 amide bonds. The highest BCUT2D eigenvalue weighted by Crippen LogP contribution is 2.54. The van der Waals surface area contributed by atoms with Crippen molar-refractivity contribution in [2.45, 2.75) is 31.1 Å². The number of carbonyl (C=O) groups excluding carboxylic acids is 1. The Hall–Kier alpha value is -1.71. The van der Waals surface area contributed by atoms with Gasteiger partial charge >= 0.3 is 0 Å². The van der Waals surface area contributed by atoms with E-state index >= 15 is 0 Å². The van der Waals surface area contributed by atoms with Crippen LogP contribution in [0.1, 0.15) is 25.0 Å². The minimum Gasteiger partial charge on any atom is -0.356 e. The summed E-state index contributed by atoms with van der Waals surface area (Å²) in [6, 6.07) is 17.0. The number of likely N-dealkylation sites (N-methyl/N-ethyl adjacent to an activating group) is 1. The van der Waals surface area contributed by atoms with E-state index < -0.39 is 5.41 Å². The van der Waals surface area contributed by atoms with Crippen LogP contribution in [-0.2, 0) is 10.2 Å². The molecule has 0 aliphatic carbocycles. The van der Waals surface area contributed by atoms with Gasteiger partial charge in [-0.1, -0.05) is 58.0 Å². The van der Waals surface area contributed by atoms with Crippen LogP contribution in [0.15, 0.2) is 66.4 Å². The molecule has 3 unspecified atom stereocenters. The van der Waals surface area contributed by atoms with Crippen LogP contribution in [0.2, 0.25) is 0 Å². The van der Waals surface area contributed by atoms with Gasteiger partial charge in [-0.05, 0) is 50.5 Å². The van der Waals surface area contributed by atoms with Gasteiger partial charge in [-0.25, -0.2) is 4.39 Å². The lowest BCUT2D eigenvalue weighted by atomic mass is 9.74. The van der Waals surface area contributed by atoms with Crippen LogP contribution in [0.5, 0.6) is 0 Å². The van der Waals surface area contributed by atoms with E-state index in [1.807, 2.05) is 30.3 Å². The molecule has 1 heterocycles. The lowest BCUT2D eigenvalue weighted by molar-refractivity contribution is -0.126. The minimum absolute atomic E-state index is 0.000684. The van der Waals surface area contributed by atoms with Gasteiger partial charge in [0.25, 0.3) is 5.91 Å². The Balaban J connectivity index is 2.33. The summed E-state index contributed by atoms with van der Waals surface area (Å²) in [5.41, 5.74) is 2.20. The summed E-state index contributed by atoms with van der Waals surface area (Å²) in [7, 11) is 3.92. The number of halogens is 2. The Bertz CT molecular complexity index is 870. The third kappa shape index (κ3) is 3.51. The molecule has 0 spiro atoms. The SMILES string of the molecule is CC(C)N1C(C(=O)N(C)C)=CC(c2ccccc2)(c2ccc(F)cc2)C1PBr. The van der Waals surface area contributed by atoms with Gasteiger partial charge in [0.1, 0.15) is 11.5 Å². The molecule has 0 fully saturated rings. The smallest absolute Gasteiger partial charge is 0.269 e. The molecule has 28 heavy (non-hydrogen) atoms. The van der Waals surface area contributed by atoms with Gasteiger partial charge in [0.15, 0.2) is 0 Å². The van der Waals surface area contributed by atoms with Crippen molar-refractivity contribution < 1.29 is 9.18 Å². The molecular formula is C22H25BrFN2OP. The molecule has 148 valence electrons. The van der Waals surface area contributed by atoms with E-state index in [4.69, 9.17) is 0 Å². The summed E-state index contributed by atoms with van der Waals surface area (Å²) in [5, 5.41) is 0. The second-order valence-electron chi connectivity index (χ2n) is 7.48. The van der Waals surface area contributed by atoms with Crippen LogP contribution in [-0.4, -0.2) is 41.6 Å². The fourth-order valence-corrected chi connectivity index (χ4v) is 6.81. The van der Waals surface area contributed by atoms with E-state index in [9.17, 15) is 9.18 Å². The van der Waals surface area contributed by atoms with Crippen molar-refractivity contribution in [1.29, 1.82) is 0 Å². The molecule has 6 heteroatoms. The lowest BCUT2D eigenvalue weighted by Gasteiger charge is -2.41. The number of hydrogen-bond acceptors (Lipinski definition) is 2. The number of rotatable bonds is 5. The van der Waals surface area contributed by atoms with Gasteiger partial charge in [-0.3, -0.25) is 4.79 Å². The highest BCUT2D eigenvalue weighted by atomic mass is 79.9. The van der Waals surface area contributed by atoms with Crippen LogP contribution in [0.4, 0.5) is 4.39 Å². The van der Waals surface area contributed by atoms with E-state index in [1.54, 1.807) is 19.0 Å². The number of nitrogens with zero attached hydrogens (tertiary/aromatic N) is 2. The number of benzene rings is 2. The fraction of sp³-hybridized carbons (Fsp3) is 0.318. The first-order chi connectivity index (χ1) is 13.3. The van der Waals surface area contributed by atoms with E-state index in [1.165, 1.54) is 12.1 Å². The Morgan fingerprint density at radius 1 is 1.11 bits per heavy atom. The van der Waals surface area contributed by atoms with Gasteiger partial charge in [-0.15, -0.1) is 0 Å². The van der Waals surface area contributed by atoms with Crippen molar-refractivity contribution in [2.24, 2.45) is 0 Å². The predicted octanol–water partition coefficient (Wildman–Crippen LogP) is 5.12. The molecule has 0 saturated carbocycles. The molecule has 0 radical (unpaired) electrons. The second-order valence-corrected chi connectivity index (χ2v) is 9.62. The molecule has 0 bridgehead atoms. The van der Waals surface area contributed by atoms with Gasteiger partial charge in [0.2, 0.25) is 0 Å². The molecular weight excluding hydrogens is 438 g/mol. The maximum atomic E-state index is 13.7. The summed E-state index contributed by atoms with van der Waals surface area (Å²) in [5.74, 6) is -0.291. The van der Waals surface area contributed by atoms with Crippen molar-refractivity contribution in [1.82, 2.24) is 9.80 Å². The number of amides is 1. The topological polar surface area (TPSA) is 23.6 Å². The normalized spacial score (nSPS) is 22.2. The van der Waals surface area contributed by atoms with E-state index in [-0.39, 0.29) is 23.5 Å². The standard InChI is InChI=1S/C22H25BrFN2OP/c1-15(2)26-19(20(27)25(3)4)14-22(21(26)28-23,16-8-6-5-7-9-16)17-10-12-18(24)13-11-17/h5-15,21,28H,1-4H3. The zero-order valence-electron chi connectivity index (χ0n) is 16.5. The fourth-order valence-electron chi connectivity index (χ4n) is 3.93. The molecule has 1 aliphatic heterocycles. The van der Waals surface area contributed by atoms with Gasteiger partial charge in [-0.2, -0.15) is 0 Å². The van der Waals surface area contributed by atoms with E-state index in [2.05, 4.69) is 52.4 Å². The summed E-state index contributed by atoms with van der Waals surface area (Å²) in [6.07, 6.45) is 2.08. The Labute approximate surface area is 176 Å². The van der Waals surface area contributed by atoms with Crippen LogP contribution >= 0.6 is 22.8 Å². The molecule has 2 aromatic carbocycles. The Morgan fingerprint density at radius 3 is 2.18 bits per heavy atom. The predicted molar refractivity (Wildman–Crippen MR) is 118 cm³/mol. The zero-order chi connectivity index (χ0) is 20.5. The molecule has 0 saturated heterocycles. The first kappa shape index (κ1) is 21.0. The monoisotopic (exact) mass is 462 g/mol. The molecule has 1 aliphatic rings. The molecule has 2 aromatic rings.